The number of ether oxygens (including phenoxy) is 1. The van der Waals surface area contributed by atoms with Gasteiger partial charge >= 0.3 is 0 Å². The van der Waals surface area contributed by atoms with Crippen LogP contribution < -0.4 is 15.8 Å². The van der Waals surface area contributed by atoms with Crippen molar-refractivity contribution in [2.24, 2.45) is 0 Å². The van der Waals surface area contributed by atoms with Crippen LogP contribution in [0, 0.1) is 0 Å². The molecule has 0 amide bonds. The topological polar surface area (TPSA) is 47.3 Å². The van der Waals surface area contributed by atoms with Crippen LogP contribution in [0.4, 0.5) is 11.4 Å². The molecule has 0 unspecified atom stereocenters. The van der Waals surface area contributed by atoms with Gasteiger partial charge in [-0.1, -0.05) is 25.1 Å². The summed E-state index contributed by atoms with van der Waals surface area (Å²) in [7, 11) is 1.69. The van der Waals surface area contributed by atoms with Gasteiger partial charge in [0.1, 0.15) is 5.75 Å². The lowest BCUT2D eigenvalue weighted by Gasteiger charge is -2.12. The lowest BCUT2D eigenvalue weighted by atomic mass is 10.1. The van der Waals surface area contributed by atoms with E-state index < -0.39 is 0 Å². The van der Waals surface area contributed by atoms with Gasteiger partial charge in [-0.25, -0.2) is 0 Å². The molecule has 0 radical (unpaired) electrons. The molecule has 3 nitrogen and oxygen atoms in total. The highest BCUT2D eigenvalue weighted by Gasteiger charge is 2.03. The van der Waals surface area contributed by atoms with Crippen molar-refractivity contribution in [3.8, 4) is 5.75 Å². The smallest absolute Gasteiger partial charge is 0.141 e. The molecule has 2 aromatic rings. The van der Waals surface area contributed by atoms with Crippen molar-refractivity contribution in [3.63, 3.8) is 0 Å². The summed E-state index contributed by atoms with van der Waals surface area (Å²) < 4.78 is 5.37. The molecule has 100 valence electrons. The van der Waals surface area contributed by atoms with Crippen LogP contribution in [0.25, 0.3) is 0 Å². The quantitative estimate of drug-likeness (QED) is 0.805. The molecule has 19 heavy (non-hydrogen) atoms. The number of nitrogens with one attached hydrogen (secondary N) is 1. The van der Waals surface area contributed by atoms with E-state index in [1.807, 2.05) is 30.3 Å². The number of rotatable bonds is 5. The normalized spacial score (nSPS) is 10.2. The lowest BCUT2D eigenvalue weighted by Crippen LogP contribution is -2.02. The third-order valence-electron chi connectivity index (χ3n) is 3.13. The predicted molar refractivity (Wildman–Crippen MR) is 80.6 cm³/mol. The monoisotopic (exact) mass is 256 g/mol. The van der Waals surface area contributed by atoms with E-state index in [4.69, 9.17) is 10.5 Å². The number of nitrogen functional groups attached to an aromatic ring is 1. The van der Waals surface area contributed by atoms with Crippen LogP contribution in [-0.4, -0.2) is 7.11 Å². The molecule has 0 aromatic heterocycles. The first-order valence-corrected chi connectivity index (χ1v) is 6.48. The van der Waals surface area contributed by atoms with E-state index in [1.165, 1.54) is 11.1 Å². The van der Waals surface area contributed by atoms with Gasteiger partial charge in [-0.15, -0.1) is 0 Å². The number of benzene rings is 2. The van der Waals surface area contributed by atoms with Gasteiger partial charge in [-0.3, -0.25) is 0 Å². The fourth-order valence-corrected chi connectivity index (χ4v) is 1.95. The molecule has 0 aliphatic heterocycles. The second-order valence-corrected chi connectivity index (χ2v) is 4.48. The Hall–Kier alpha value is -2.16. The van der Waals surface area contributed by atoms with E-state index in [0.29, 0.717) is 0 Å². The summed E-state index contributed by atoms with van der Waals surface area (Å²) in [6.07, 6.45) is 1.01. The zero-order valence-corrected chi connectivity index (χ0v) is 11.4. The average molecular weight is 256 g/mol. The lowest BCUT2D eigenvalue weighted by molar-refractivity contribution is 0.416. The first kappa shape index (κ1) is 13.3. The Morgan fingerprint density at radius 2 is 1.74 bits per heavy atom. The molecule has 2 rings (SSSR count). The van der Waals surface area contributed by atoms with Gasteiger partial charge in [-0.2, -0.15) is 0 Å². The first-order valence-electron chi connectivity index (χ1n) is 6.48. The Labute approximate surface area is 114 Å². The molecule has 0 aliphatic carbocycles. The maximum Gasteiger partial charge on any atom is 0.141 e. The summed E-state index contributed by atoms with van der Waals surface area (Å²) in [6.45, 7) is 2.90. The molecule has 3 heteroatoms. The van der Waals surface area contributed by atoms with Gasteiger partial charge in [0, 0.05) is 12.2 Å². The molecule has 0 saturated heterocycles. The molecule has 2 aromatic carbocycles. The predicted octanol–water partition coefficient (Wildman–Crippen LogP) is 3.45. The maximum atomic E-state index is 5.68. The highest BCUT2D eigenvalue weighted by molar-refractivity contribution is 5.58. The number of hydrogen-bond donors (Lipinski definition) is 2. The SMILES string of the molecule is CCc1ccc(OC)c(NCc2ccc(N)cc2)c1. The molecule has 0 bridgehead atoms. The van der Waals surface area contributed by atoms with Gasteiger partial charge in [-0.05, 0) is 41.8 Å². The zero-order chi connectivity index (χ0) is 13.7. The van der Waals surface area contributed by atoms with Crippen LogP contribution in [0.2, 0.25) is 0 Å². The minimum Gasteiger partial charge on any atom is -0.495 e. The Kier molecular flexibility index (Phi) is 4.29. The standard InChI is InChI=1S/C16H20N2O/c1-3-12-6-9-16(19-2)15(10-12)18-11-13-4-7-14(17)8-5-13/h4-10,18H,3,11,17H2,1-2H3. The molecule has 0 atom stereocenters. The van der Waals surface area contributed by atoms with E-state index >= 15 is 0 Å². The third kappa shape index (κ3) is 3.41. The largest absolute Gasteiger partial charge is 0.495 e. The van der Waals surface area contributed by atoms with Crippen molar-refractivity contribution in [1.82, 2.24) is 0 Å². The third-order valence-corrected chi connectivity index (χ3v) is 3.13. The Balaban J connectivity index is 2.11. The van der Waals surface area contributed by atoms with Crippen LogP contribution in [0.1, 0.15) is 18.1 Å². The second kappa shape index (κ2) is 6.14. The second-order valence-electron chi connectivity index (χ2n) is 4.48. The molecular formula is C16H20N2O. The van der Waals surface area contributed by atoms with Crippen molar-refractivity contribution in [3.05, 3.63) is 53.6 Å². The molecule has 0 spiro atoms. The van der Waals surface area contributed by atoms with E-state index in [9.17, 15) is 0 Å². The Bertz CT molecular complexity index is 535. The molecule has 3 N–H and O–H groups in total. The average Bonchev–Trinajstić information content (AvgIpc) is 2.46. The Morgan fingerprint density at radius 3 is 2.37 bits per heavy atom. The van der Waals surface area contributed by atoms with Crippen molar-refractivity contribution in [2.45, 2.75) is 19.9 Å². The number of aryl methyl sites for hydroxylation is 1. The molecular weight excluding hydrogens is 236 g/mol. The highest BCUT2D eigenvalue weighted by Crippen LogP contribution is 2.26. The highest BCUT2D eigenvalue weighted by atomic mass is 16.5. The van der Waals surface area contributed by atoms with Crippen LogP contribution in [0.5, 0.6) is 5.75 Å². The number of anilines is 2. The van der Waals surface area contributed by atoms with E-state index in [0.717, 1.165) is 30.1 Å². The minimum absolute atomic E-state index is 0.754. The van der Waals surface area contributed by atoms with Gasteiger partial charge in [0.15, 0.2) is 0 Å². The molecule has 0 heterocycles. The van der Waals surface area contributed by atoms with Crippen LogP contribution in [0.3, 0.4) is 0 Å². The molecule has 0 aliphatic rings. The van der Waals surface area contributed by atoms with Gasteiger partial charge in [0.25, 0.3) is 0 Å². The van der Waals surface area contributed by atoms with Crippen LogP contribution >= 0.6 is 0 Å². The zero-order valence-electron chi connectivity index (χ0n) is 11.4. The summed E-state index contributed by atoms with van der Waals surface area (Å²) in [5.41, 5.74) is 9.97. The van der Waals surface area contributed by atoms with Crippen molar-refractivity contribution in [1.29, 1.82) is 0 Å². The summed E-state index contributed by atoms with van der Waals surface area (Å²) in [6, 6.07) is 14.1. The fourth-order valence-electron chi connectivity index (χ4n) is 1.95. The maximum absolute atomic E-state index is 5.68. The van der Waals surface area contributed by atoms with Crippen molar-refractivity contribution < 1.29 is 4.74 Å². The van der Waals surface area contributed by atoms with E-state index in [-0.39, 0.29) is 0 Å². The van der Waals surface area contributed by atoms with Gasteiger partial charge < -0.3 is 15.8 Å². The summed E-state index contributed by atoms with van der Waals surface area (Å²) >= 11 is 0. The summed E-state index contributed by atoms with van der Waals surface area (Å²) in [5.74, 6) is 0.868. The first-order chi connectivity index (χ1) is 9.22. The van der Waals surface area contributed by atoms with E-state index in [2.05, 4.69) is 24.4 Å². The van der Waals surface area contributed by atoms with Gasteiger partial charge in [0.2, 0.25) is 0 Å². The number of nitrogens with two attached hydrogens (primary N) is 1. The van der Waals surface area contributed by atoms with Crippen molar-refractivity contribution >= 4 is 11.4 Å². The summed E-state index contributed by atoms with van der Waals surface area (Å²) in [4.78, 5) is 0. The van der Waals surface area contributed by atoms with E-state index in [1.54, 1.807) is 7.11 Å². The minimum atomic E-state index is 0.754. The molecule has 0 saturated carbocycles. The summed E-state index contributed by atoms with van der Waals surface area (Å²) in [5, 5.41) is 3.41. The van der Waals surface area contributed by atoms with Crippen LogP contribution in [-0.2, 0) is 13.0 Å². The Morgan fingerprint density at radius 1 is 1.05 bits per heavy atom. The van der Waals surface area contributed by atoms with Crippen LogP contribution in [0.15, 0.2) is 42.5 Å². The fraction of sp³-hybridized carbons (Fsp3) is 0.250. The molecule has 0 fully saturated rings. The number of methoxy groups -OCH3 is 1. The number of hydrogen-bond acceptors (Lipinski definition) is 3. The van der Waals surface area contributed by atoms with Crippen molar-refractivity contribution in [2.75, 3.05) is 18.2 Å². The van der Waals surface area contributed by atoms with Gasteiger partial charge in [0.05, 0.1) is 12.8 Å².